The summed E-state index contributed by atoms with van der Waals surface area (Å²) in [6.45, 7) is 1.84. The Kier molecular flexibility index (Phi) is 6.96. The molecule has 1 aromatic carbocycles. The second-order valence-corrected chi connectivity index (χ2v) is 6.23. The van der Waals surface area contributed by atoms with Gasteiger partial charge in [-0.3, -0.25) is 15.4 Å². The van der Waals surface area contributed by atoms with Crippen molar-refractivity contribution >= 4 is 21.9 Å². The number of amides is 1. The maximum absolute atomic E-state index is 12.0. The summed E-state index contributed by atoms with van der Waals surface area (Å²) in [6.07, 6.45) is -0.307. The van der Waals surface area contributed by atoms with Crippen molar-refractivity contribution in [3.05, 3.63) is 35.9 Å². The van der Waals surface area contributed by atoms with E-state index in [-0.39, 0.29) is 19.4 Å². The molecule has 1 rings (SSSR count). The van der Waals surface area contributed by atoms with E-state index in [0.717, 1.165) is 0 Å². The number of nitrogens with one attached hydrogen (secondary N) is 2. The van der Waals surface area contributed by atoms with Crippen LogP contribution in [0.2, 0.25) is 0 Å². The van der Waals surface area contributed by atoms with Gasteiger partial charge in [0.15, 0.2) is 0 Å². The van der Waals surface area contributed by atoms with Gasteiger partial charge in [0.1, 0.15) is 5.37 Å². The molecule has 0 bridgehead atoms. The quantitative estimate of drug-likeness (QED) is 0.346. The van der Waals surface area contributed by atoms with Gasteiger partial charge in [-0.25, -0.2) is 8.42 Å². The zero-order valence-corrected chi connectivity index (χ0v) is 12.9. The van der Waals surface area contributed by atoms with Crippen LogP contribution in [0.5, 0.6) is 0 Å². The number of nitrogens with two attached hydrogens (primary N) is 1. The number of rotatable bonds is 8. The van der Waals surface area contributed by atoms with Gasteiger partial charge < -0.3 is 10.1 Å². The highest BCUT2D eigenvalue weighted by molar-refractivity contribution is 7.90. The van der Waals surface area contributed by atoms with Crippen LogP contribution in [-0.4, -0.2) is 32.3 Å². The van der Waals surface area contributed by atoms with Crippen LogP contribution < -0.4 is 16.0 Å². The van der Waals surface area contributed by atoms with Crippen molar-refractivity contribution in [1.82, 2.24) is 10.1 Å². The number of carbonyl (C=O) groups is 2. The van der Waals surface area contributed by atoms with Crippen molar-refractivity contribution < 1.29 is 22.7 Å². The number of sulfonamides is 1. The van der Waals surface area contributed by atoms with Gasteiger partial charge in [-0.2, -0.15) is 4.83 Å². The highest BCUT2D eigenvalue weighted by Gasteiger charge is 2.27. The molecule has 0 saturated carbocycles. The van der Waals surface area contributed by atoms with Gasteiger partial charge >= 0.3 is 5.97 Å². The number of benzene rings is 1. The third-order valence-corrected chi connectivity index (χ3v) is 4.21. The van der Waals surface area contributed by atoms with Crippen LogP contribution >= 0.6 is 0 Å². The van der Waals surface area contributed by atoms with E-state index in [0.29, 0.717) is 5.56 Å². The molecule has 1 aromatic rings. The summed E-state index contributed by atoms with van der Waals surface area (Å²) in [7, 11) is -3.99. The lowest BCUT2D eigenvalue weighted by atomic mass is 10.2. The molecule has 0 fully saturated rings. The molecule has 0 saturated heterocycles. The van der Waals surface area contributed by atoms with Gasteiger partial charge in [-0.1, -0.05) is 18.2 Å². The summed E-state index contributed by atoms with van der Waals surface area (Å²) < 4.78 is 28.4. The van der Waals surface area contributed by atoms with E-state index in [1.807, 2.05) is 0 Å². The molecule has 1 atom stereocenters. The highest BCUT2D eigenvalue weighted by Crippen LogP contribution is 2.07. The van der Waals surface area contributed by atoms with E-state index in [2.05, 4.69) is 5.32 Å². The van der Waals surface area contributed by atoms with E-state index >= 15 is 0 Å². The van der Waals surface area contributed by atoms with Crippen molar-refractivity contribution in [2.75, 3.05) is 6.61 Å². The molecule has 0 aliphatic heterocycles. The number of hydrogen-bond donors (Lipinski definition) is 3. The first-order valence-corrected chi connectivity index (χ1v) is 8.18. The molecule has 9 heteroatoms. The maximum atomic E-state index is 12.0. The van der Waals surface area contributed by atoms with E-state index in [4.69, 9.17) is 10.6 Å². The molecule has 0 aliphatic carbocycles. The van der Waals surface area contributed by atoms with Gasteiger partial charge in [-0.05, 0) is 25.5 Å². The van der Waals surface area contributed by atoms with Crippen LogP contribution in [0.15, 0.2) is 30.3 Å². The Morgan fingerprint density at radius 1 is 1.27 bits per heavy atom. The first-order valence-electron chi connectivity index (χ1n) is 6.63. The van der Waals surface area contributed by atoms with Crippen LogP contribution in [-0.2, 0) is 19.6 Å². The topological polar surface area (TPSA) is 128 Å². The zero-order chi connectivity index (χ0) is 16.6. The molecule has 0 aromatic heterocycles. The molecule has 0 aliphatic rings. The average molecular weight is 329 g/mol. The van der Waals surface area contributed by atoms with Crippen molar-refractivity contribution in [2.45, 2.75) is 25.1 Å². The molecule has 0 radical (unpaired) electrons. The fourth-order valence-corrected chi connectivity index (χ4v) is 2.54. The Morgan fingerprint density at radius 3 is 2.45 bits per heavy atom. The summed E-state index contributed by atoms with van der Waals surface area (Å²) in [5, 5.41) is 1.01. The molecule has 8 nitrogen and oxygen atoms in total. The Hall–Kier alpha value is -1.97. The molecular formula is C13H19N3O5S. The van der Waals surface area contributed by atoms with Crippen LogP contribution in [0, 0.1) is 0 Å². The zero-order valence-electron chi connectivity index (χ0n) is 12.1. The first kappa shape index (κ1) is 18.1. The standard InChI is InChI=1S/C13H19N3O5S/c1-2-21-12(17)9-8-11(22(19,20)16-14)15-13(18)10-6-4-3-5-7-10/h3-7,11,16H,2,8-9,14H2,1H3,(H,15,18). The molecule has 1 unspecified atom stereocenters. The van der Waals surface area contributed by atoms with E-state index in [1.54, 1.807) is 42.1 Å². The molecular weight excluding hydrogens is 310 g/mol. The smallest absolute Gasteiger partial charge is 0.305 e. The van der Waals surface area contributed by atoms with Gasteiger partial charge in [0, 0.05) is 12.0 Å². The summed E-state index contributed by atoms with van der Waals surface area (Å²) >= 11 is 0. The second kappa shape index (κ2) is 8.47. The molecule has 122 valence electrons. The number of hydrazine groups is 1. The van der Waals surface area contributed by atoms with Crippen molar-refractivity contribution in [3.8, 4) is 0 Å². The lowest BCUT2D eigenvalue weighted by Crippen LogP contribution is -2.48. The minimum absolute atomic E-state index is 0.149. The summed E-state index contributed by atoms with van der Waals surface area (Å²) in [5.74, 6) is 3.86. The Labute approximate surface area is 129 Å². The average Bonchev–Trinajstić information content (AvgIpc) is 2.52. The maximum Gasteiger partial charge on any atom is 0.305 e. The molecule has 0 heterocycles. The number of ether oxygens (including phenoxy) is 1. The van der Waals surface area contributed by atoms with E-state index < -0.39 is 27.3 Å². The molecule has 22 heavy (non-hydrogen) atoms. The molecule has 4 N–H and O–H groups in total. The minimum atomic E-state index is -3.99. The lowest BCUT2D eigenvalue weighted by Gasteiger charge is -2.18. The summed E-state index contributed by atoms with van der Waals surface area (Å²) in [6, 6.07) is 8.12. The predicted octanol–water partition coefficient (Wildman–Crippen LogP) is -0.121. The Morgan fingerprint density at radius 2 is 1.91 bits per heavy atom. The fraction of sp³-hybridized carbons (Fsp3) is 0.385. The number of carbonyl (C=O) groups excluding carboxylic acids is 2. The summed E-state index contributed by atoms with van der Waals surface area (Å²) in [4.78, 5) is 25.0. The van der Waals surface area contributed by atoms with E-state index in [9.17, 15) is 18.0 Å². The SMILES string of the molecule is CCOC(=O)CCC(NC(=O)c1ccccc1)S(=O)(=O)NN. The molecule has 1 amide bonds. The van der Waals surface area contributed by atoms with E-state index in [1.165, 1.54) is 0 Å². The number of esters is 1. The van der Waals surface area contributed by atoms with Crippen molar-refractivity contribution in [2.24, 2.45) is 5.84 Å². The lowest BCUT2D eigenvalue weighted by molar-refractivity contribution is -0.143. The third kappa shape index (κ3) is 5.43. The Bertz CT molecular complexity index is 603. The van der Waals surface area contributed by atoms with Gasteiger partial charge in [-0.15, -0.1) is 0 Å². The first-order chi connectivity index (χ1) is 10.4. The van der Waals surface area contributed by atoms with Crippen molar-refractivity contribution in [3.63, 3.8) is 0 Å². The normalized spacial score (nSPS) is 12.5. The monoisotopic (exact) mass is 329 g/mol. The van der Waals surface area contributed by atoms with Crippen LogP contribution in [0.25, 0.3) is 0 Å². The van der Waals surface area contributed by atoms with Crippen LogP contribution in [0.1, 0.15) is 30.1 Å². The molecule has 0 spiro atoms. The van der Waals surface area contributed by atoms with Gasteiger partial charge in [0.05, 0.1) is 6.61 Å². The van der Waals surface area contributed by atoms with Gasteiger partial charge in [0.2, 0.25) is 10.0 Å². The Balaban J connectivity index is 2.79. The third-order valence-electron chi connectivity index (χ3n) is 2.78. The van der Waals surface area contributed by atoms with Crippen LogP contribution in [0.3, 0.4) is 0 Å². The minimum Gasteiger partial charge on any atom is -0.466 e. The largest absolute Gasteiger partial charge is 0.466 e. The van der Waals surface area contributed by atoms with Crippen molar-refractivity contribution in [1.29, 1.82) is 0 Å². The van der Waals surface area contributed by atoms with Crippen LogP contribution in [0.4, 0.5) is 0 Å². The number of hydrogen-bond acceptors (Lipinski definition) is 6. The predicted molar refractivity (Wildman–Crippen MR) is 79.8 cm³/mol. The van der Waals surface area contributed by atoms with Gasteiger partial charge in [0.25, 0.3) is 5.91 Å². The fourth-order valence-electron chi connectivity index (χ4n) is 1.69. The summed E-state index contributed by atoms with van der Waals surface area (Å²) in [5.41, 5.74) is 0.302. The second-order valence-electron chi connectivity index (χ2n) is 4.33. The highest BCUT2D eigenvalue weighted by atomic mass is 32.2.